The Bertz CT molecular complexity index is 561. The second kappa shape index (κ2) is 4.50. The van der Waals surface area contributed by atoms with Crippen LogP contribution >= 0.6 is 0 Å². The first kappa shape index (κ1) is 10.3. The summed E-state index contributed by atoms with van der Waals surface area (Å²) in [6.07, 6.45) is 5.10. The van der Waals surface area contributed by atoms with Crippen molar-refractivity contribution in [2.24, 2.45) is 0 Å². The Labute approximate surface area is 94.3 Å². The third-order valence-corrected chi connectivity index (χ3v) is 2.39. The molecular formula is C14H11NO. The summed E-state index contributed by atoms with van der Waals surface area (Å²) in [6.45, 7) is 0.252. The van der Waals surface area contributed by atoms with E-state index in [1.165, 1.54) is 0 Å². The van der Waals surface area contributed by atoms with Crippen LogP contribution < -0.4 is 5.32 Å². The number of hydrogen-bond acceptors (Lipinski definition) is 1. The lowest BCUT2D eigenvalue weighted by atomic mass is 10.0. The fourth-order valence-electron chi connectivity index (χ4n) is 1.65. The van der Waals surface area contributed by atoms with Crippen LogP contribution in [-0.2, 0) is 0 Å². The molecule has 0 atom stereocenters. The molecule has 0 aliphatic rings. The molecular weight excluding hydrogens is 198 g/mol. The van der Waals surface area contributed by atoms with Gasteiger partial charge in [0.15, 0.2) is 0 Å². The summed E-state index contributed by atoms with van der Waals surface area (Å²) in [4.78, 5) is 11.8. The quantitative estimate of drug-likeness (QED) is 0.755. The highest BCUT2D eigenvalue weighted by molar-refractivity contribution is 6.07. The van der Waals surface area contributed by atoms with E-state index in [4.69, 9.17) is 6.42 Å². The zero-order valence-electron chi connectivity index (χ0n) is 8.73. The van der Waals surface area contributed by atoms with Crippen molar-refractivity contribution in [2.45, 2.75) is 0 Å². The first-order valence-electron chi connectivity index (χ1n) is 5.02. The number of amides is 1. The van der Waals surface area contributed by atoms with E-state index in [9.17, 15) is 4.79 Å². The number of rotatable bonds is 2. The van der Waals surface area contributed by atoms with Crippen LogP contribution in [0, 0.1) is 12.3 Å². The van der Waals surface area contributed by atoms with Crippen LogP contribution in [0.4, 0.5) is 0 Å². The molecule has 0 saturated heterocycles. The first-order valence-corrected chi connectivity index (χ1v) is 5.02. The maximum atomic E-state index is 11.8. The van der Waals surface area contributed by atoms with Crippen LogP contribution in [0.25, 0.3) is 10.8 Å². The average molecular weight is 209 g/mol. The maximum Gasteiger partial charge on any atom is 0.252 e. The van der Waals surface area contributed by atoms with E-state index in [0.29, 0.717) is 5.56 Å². The van der Waals surface area contributed by atoms with Crippen molar-refractivity contribution in [3.63, 3.8) is 0 Å². The van der Waals surface area contributed by atoms with Gasteiger partial charge in [-0.3, -0.25) is 4.79 Å². The smallest absolute Gasteiger partial charge is 0.252 e. The molecule has 0 aliphatic heterocycles. The van der Waals surface area contributed by atoms with E-state index >= 15 is 0 Å². The molecule has 0 unspecified atom stereocenters. The van der Waals surface area contributed by atoms with Gasteiger partial charge < -0.3 is 5.32 Å². The monoisotopic (exact) mass is 209 g/mol. The van der Waals surface area contributed by atoms with Crippen molar-refractivity contribution in [3.8, 4) is 12.3 Å². The van der Waals surface area contributed by atoms with Crippen molar-refractivity contribution in [2.75, 3.05) is 6.54 Å². The number of fused-ring (bicyclic) bond motifs is 1. The summed E-state index contributed by atoms with van der Waals surface area (Å²) >= 11 is 0. The SMILES string of the molecule is C#CCNC(=O)c1cccc2ccccc12. The van der Waals surface area contributed by atoms with Crippen LogP contribution in [0.1, 0.15) is 10.4 Å². The van der Waals surface area contributed by atoms with Gasteiger partial charge >= 0.3 is 0 Å². The number of terminal acetylenes is 1. The van der Waals surface area contributed by atoms with Crippen LogP contribution in [0.15, 0.2) is 42.5 Å². The predicted octanol–water partition coefficient (Wildman–Crippen LogP) is 2.20. The molecule has 2 nitrogen and oxygen atoms in total. The van der Waals surface area contributed by atoms with Gasteiger partial charge in [-0.2, -0.15) is 0 Å². The topological polar surface area (TPSA) is 29.1 Å². The van der Waals surface area contributed by atoms with Gasteiger partial charge in [-0.05, 0) is 16.8 Å². The molecule has 2 aromatic carbocycles. The molecule has 2 heteroatoms. The summed E-state index contributed by atoms with van der Waals surface area (Å²) < 4.78 is 0. The predicted molar refractivity (Wildman–Crippen MR) is 65.1 cm³/mol. The molecule has 0 fully saturated rings. The van der Waals surface area contributed by atoms with Crippen LogP contribution in [0.3, 0.4) is 0 Å². The molecule has 1 amide bonds. The van der Waals surface area contributed by atoms with E-state index in [-0.39, 0.29) is 12.5 Å². The number of hydrogen-bond donors (Lipinski definition) is 1. The van der Waals surface area contributed by atoms with Gasteiger partial charge in [0.2, 0.25) is 0 Å². The lowest BCUT2D eigenvalue weighted by Crippen LogP contribution is -2.23. The van der Waals surface area contributed by atoms with Crippen molar-refractivity contribution in [1.82, 2.24) is 5.32 Å². The Kier molecular flexibility index (Phi) is 2.88. The molecule has 0 saturated carbocycles. The lowest BCUT2D eigenvalue weighted by Gasteiger charge is -2.05. The van der Waals surface area contributed by atoms with Gasteiger partial charge in [0, 0.05) is 5.56 Å². The lowest BCUT2D eigenvalue weighted by molar-refractivity contribution is 0.0960. The highest BCUT2D eigenvalue weighted by Crippen LogP contribution is 2.18. The second-order valence-corrected chi connectivity index (χ2v) is 3.41. The van der Waals surface area contributed by atoms with Gasteiger partial charge in [-0.15, -0.1) is 6.42 Å². The van der Waals surface area contributed by atoms with E-state index in [1.807, 2.05) is 36.4 Å². The van der Waals surface area contributed by atoms with Gasteiger partial charge in [0.05, 0.1) is 6.54 Å². The third-order valence-electron chi connectivity index (χ3n) is 2.39. The van der Waals surface area contributed by atoms with E-state index in [2.05, 4.69) is 11.2 Å². The summed E-state index contributed by atoms with van der Waals surface area (Å²) in [5, 5.41) is 4.66. The van der Waals surface area contributed by atoms with Gasteiger partial charge in [-0.1, -0.05) is 42.3 Å². The fraction of sp³-hybridized carbons (Fsp3) is 0.0714. The Morgan fingerprint density at radius 3 is 2.75 bits per heavy atom. The number of benzene rings is 2. The minimum absolute atomic E-state index is 0.130. The van der Waals surface area contributed by atoms with E-state index in [0.717, 1.165) is 10.8 Å². The van der Waals surface area contributed by atoms with E-state index in [1.54, 1.807) is 6.07 Å². The fourth-order valence-corrected chi connectivity index (χ4v) is 1.65. The molecule has 0 radical (unpaired) electrons. The Morgan fingerprint density at radius 2 is 1.94 bits per heavy atom. The highest BCUT2D eigenvalue weighted by Gasteiger charge is 2.07. The third kappa shape index (κ3) is 1.89. The minimum atomic E-state index is -0.130. The van der Waals surface area contributed by atoms with Crippen molar-refractivity contribution >= 4 is 16.7 Å². The molecule has 0 bridgehead atoms. The first-order chi connectivity index (χ1) is 7.83. The number of carbonyl (C=O) groups is 1. The van der Waals surface area contributed by atoms with Crippen molar-refractivity contribution in [3.05, 3.63) is 48.0 Å². The molecule has 1 N–H and O–H groups in total. The second-order valence-electron chi connectivity index (χ2n) is 3.41. The Balaban J connectivity index is 2.45. The van der Waals surface area contributed by atoms with Gasteiger partial charge in [-0.25, -0.2) is 0 Å². The summed E-state index contributed by atoms with van der Waals surface area (Å²) in [7, 11) is 0. The summed E-state index contributed by atoms with van der Waals surface area (Å²) in [5.74, 6) is 2.25. The van der Waals surface area contributed by atoms with Crippen LogP contribution in [0.2, 0.25) is 0 Å². The zero-order chi connectivity index (χ0) is 11.4. The maximum absolute atomic E-state index is 11.8. The largest absolute Gasteiger partial charge is 0.341 e. The van der Waals surface area contributed by atoms with Gasteiger partial charge in [0.25, 0.3) is 5.91 Å². The highest BCUT2D eigenvalue weighted by atomic mass is 16.1. The Morgan fingerprint density at radius 1 is 1.19 bits per heavy atom. The van der Waals surface area contributed by atoms with E-state index < -0.39 is 0 Å². The molecule has 0 aromatic heterocycles. The number of nitrogens with one attached hydrogen (secondary N) is 1. The Hall–Kier alpha value is -2.27. The molecule has 2 aromatic rings. The van der Waals surface area contributed by atoms with Crippen molar-refractivity contribution in [1.29, 1.82) is 0 Å². The standard InChI is InChI=1S/C14H11NO/c1-2-10-15-14(16)13-9-5-7-11-6-3-4-8-12(11)13/h1,3-9H,10H2,(H,15,16). The molecule has 0 aliphatic carbocycles. The molecule has 2 rings (SSSR count). The summed E-state index contributed by atoms with van der Waals surface area (Å²) in [6, 6.07) is 13.4. The van der Waals surface area contributed by atoms with Crippen molar-refractivity contribution < 1.29 is 4.79 Å². The normalized spacial score (nSPS) is 9.69. The number of carbonyl (C=O) groups excluding carboxylic acids is 1. The van der Waals surface area contributed by atoms with Crippen LogP contribution in [0.5, 0.6) is 0 Å². The minimum Gasteiger partial charge on any atom is -0.341 e. The zero-order valence-corrected chi connectivity index (χ0v) is 8.73. The van der Waals surface area contributed by atoms with Gasteiger partial charge in [0.1, 0.15) is 0 Å². The molecule has 0 heterocycles. The molecule has 0 spiro atoms. The molecule has 16 heavy (non-hydrogen) atoms. The summed E-state index contributed by atoms with van der Waals surface area (Å²) in [5.41, 5.74) is 0.661. The van der Waals surface area contributed by atoms with Crippen LogP contribution in [-0.4, -0.2) is 12.5 Å². The molecule has 78 valence electrons. The average Bonchev–Trinajstić information content (AvgIpc) is 2.35.